The Balaban J connectivity index is 2.62. The largest absolute Gasteiger partial charge is 0.327 e. The molecule has 0 bridgehead atoms. The molecule has 2 unspecified atom stereocenters. The van der Waals surface area contributed by atoms with Crippen LogP contribution in [0.15, 0.2) is 5.38 Å². The quantitative estimate of drug-likeness (QED) is 0.901. The molecule has 1 aromatic rings. The van der Waals surface area contributed by atoms with Crippen molar-refractivity contribution in [2.45, 2.75) is 44.9 Å². The van der Waals surface area contributed by atoms with E-state index in [1.807, 2.05) is 6.92 Å². The maximum atomic E-state index is 11.7. The fraction of sp³-hybridized carbons (Fsp3) is 0.727. The summed E-state index contributed by atoms with van der Waals surface area (Å²) in [5, 5.41) is 3.00. The number of hydrogen-bond acceptors (Lipinski definition) is 4. The van der Waals surface area contributed by atoms with E-state index in [9.17, 15) is 4.21 Å². The van der Waals surface area contributed by atoms with Gasteiger partial charge in [0, 0.05) is 33.4 Å². The second kappa shape index (κ2) is 5.38. The molecule has 0 spiro atoms. The van der Waals surface area contributed by atoms with Crippen molar-refractivity contribution in [3.05, 3.63) is 16.1 Å². The van der Waals surface area contributed by atoms with Gasteiger partial charge < -0.3 is 5.73 Å². The fourth-order valence-corrected chi connectivity index (χ4v) is 3.73. The van der Waals surface area contributed by atoms with Crippen LogP contribution >= 0.6 is 11.3 Å². The lowest BCUT2D eigenvalue weighted by molar-refractivity contribution is 0.571. The summed E-state index contributed by atoms with van der Waals surface area (Å²) >= 11 is 1.59. The normalized spacial score (nSPS) is 16.1. The van der Waals surface area contributed by atoms with Crippen LogP contribution in [0.2, 0.25) is 0 Å². The molecule has 1 heterocycles. The van der Waals surface area contributed by atoms with Crippen molar-refractivity contribution < 1.29 is 4.21 Å². The van der Waals surface area contributed by atoms with E-state index in [4.69, 9.17) is 5.73 Å². The number of rotatable bonds is 4. The van der Waals surface area contributed by atoms with E-state index < -0.39 is 10.8 Å². The number of nitrogens with two attached hydrogens (primary N) is 1. The average molecular weight is 260 g/mol. The first-order valence-electron chi connectivity index (χ1n) is 5.34. The van der Waals surface area contributed by atoms with E-state index in [2.05, 4.69) is 31.1 Å². The summed E-state index contributed by atoms with van der Waals surface area (Å²) < 4.78 is 11.7. The zero-order valence-corrected chi connectivity index (χ0v) is 12.0. The van der Waals surface area contributed by atoms with Crippen LogP contribution in [0, 0.1) is 0 Å². The van der Waals surface area contributed by atoms with E-state index in [-0.39, 0.29) is 11.5 Å². The smallest absolute Gasteiger partial charge is 0.105 e. The molecule has 0 saturated carbocycles. The van der Waals surface area contributed by atoms with Crippen molar-refractivity contribution in [1.82, 2.24) is 4.98 Å². The van der Waals surface area contributed by atoms with Crippen LogP contribution in [0.1, 0.15) is 38.4 Å². The van der Waals surface area contributed by atoms with Crippen LogP contribution in [0.3, 0.4) is 0 Å². The minimum absolute atomic E-state index is 0.0112. The van der Waals surface area contributed by atoms with Crippen LogP contribution in [0.5, 0.6) is 0 Å². The minimum Gasteiger partial charge on any atom is -0.327 e. The molecular formula is C11H20N2OS2. The monoisotopic (exact) mass is 260 g/mol. The molecule has 0 fully saturated rings. The third-order valence-corrected chi connectivity index (χ3v) is 4.58. The van der Waals surface area contributed by atoms with E-state index in [0.717, 1.165) is 10.7 Å². The number of thiazole rings is 1. The highest BCUT2D eigenvalue weighted by Crippen LogP contribution is 2.24. The molecule has 1 aromatic heterocycles. The minimum atomic E-state index is -0.892. The van der Waals surface area contributed by atoms with Crippen LogP contribution in [0.25, 0.3) is 0 Å². The van der Waals surface area contributed by atoms with Crippen molar-refractivity contribution in [3.8, 4) is 0 Å². The van der Waals surface area contributed by atoms with E-state index in [0.29, 0.717) is 11.5 Å². The average Bonchev–Trinajstić information content (AvgIpc) is 2.49. The molecule has 0 aromatic carbocycles. The molecule has 5 heteroatoms. The van der Waals surface area contributed by atoms with Crippen molar-refractivity contribution in [2.75, 3.05) is 5.75 Å². The van der Waals surface area contributed by atoms with Gasteiger partial charge in [0.1, 0.15) is 5.01 Å². The molecule has 3 nitrogen and oxygen atoms in total. The summed E-state index contributed by atoms with van der Waals surface area (Å²) in [5.74, 6) is 1.08. The molecule has 1 rings (SSSR count). The van der Waals surface area contributed by atoms with Crippen molar-refractivity contribution >= 4 is 22.1 Å². The van der Waals surface area contributed by atoms with Gasteiger partial charge in [-0.2, -0.15) is 0 Å². The summed E-state index contributed by atoms with van der Waals surface area (Å²) in [4.78, 5) is 4.51. The lowest BCUT2D eigenvalue weighted by atomic mass is 9.93. The number of hydrogen-bond donors (Lipinski definition) is 1. The summed E-state index contributed by atoms with van der Waals surface area (Å²) in [7, 11) is -0.892. The highest BCUT2D eigenvalue weighted by molar-refractivity contribution is 7.84. The third kappa shape index (κ3) is 4.31. The Labute approximate surface area is 104 Å². The first kappa shape index (κ1) is 13.8. The van der Waals surface area contributed by atoms with Crippen molar-refractivity contribution in [1.29, 1.82) is 0 Å². The first-order valence-corrected chi connectivity index (χ1v) is 7.71. The van der Waals surface area contributed by atoms with Gasteiger partial charge in [0.25, 0.3) is 0 Å². The Kier molecular flexibility index (Phi) is 4.64. The highest BCUT2D eigenvalue weighted by Gasteiger charge is 2.18. The zero-order chi connectivity index (χ0) is 12.3. The lowest BCUT2D eigenvalue weighted by Crippen LogP contribution is -2.23. The molecule has 2 atom stereocenters. The Morgan fingerprint density at radius 2 is 2.19 bits per heavy atom. The molecule has 0 aliphatic rings. The van der Waals surface area contributed by atoms with Gasteiger partial charge in [0.05, 0.1) is 11.4 Å². The van der Waals surface area contributed by atoms with E-state index in [1.165, 1.54) is 0 Å². The van der Waals surface area contributed by atoms with E-state index >= 15 is 0 Å². The van der Waals surface area contributed by atoms with E-state index in [1.54, 1.807) is 11.3 Å². The van der Waals surface area contributed by atoms with Crippen molar-refractivity contribution in [3.63, 3.8) is 0 Å². The van der Waals surface area contributed by atoms with Crippen LogP contribution in [-0.2, 0) is 22.0 Å². The molecule has 0 aliphatic carbocycles. The van der Waals surface area contributed by atoms with Crippen LogP contribution in [-0.4, -0.2) is 21.0 Å². The summed E-state index contributed by atoms with van der Waals surface area (Å²) in [6.45, 7) is 8.26. The van der Waals surface area contributed by atoms with Crippen LogP contribution < -0.4 is 5.73 Å². The van der Waals surface area contributed by atoms with Crippen molar-refractivity contribution in [2.24, 2.45) is 5.73 Å². The molecule has 0 radical (unpaired) electrons. The second-order valence-electron chi connectivity index (χ2n) is 5.10. The van der Waals surface area contributed by atoms with Crippen LogP contribution in [0.4, 0.5) is 0 Å². The summed E-state index contributed by atoms with van der Waals surface area (Å²) in [6.07, 6.45) is 0. The van der Waals surface area contributed by atoms with Gasteiger partial charge in [-0.25, -0.2) is 4.98 Å². The maximum Gasteiger partial charge on any atom is 0.105 e. The second-order valence-corrected chi connectivity index (χ2v) is 7.55. The predicted molar refractivity (Wildman–Crippen MR) is 71.2 cm³/mol. The molecular weight excluding hydrogens is 240 g/mol. The standard InChI is InChI=1S/C11H20N2OS2/c1-8(12)6-16(14)7-10-13-9(5-15-10)11(2,3)4/h5,8H,6-7,12H2,1-4H3. The van der Waals surface area contributed by atoms with Gasteiger partial charge in [0.2, 0.25) is 0 Å². The topological polar surface area (TPSA) is 56.0 Å². The Morgan fingerprint density at radius 1 is 1.56 bits per heavy atom. The van der Waals surface area contributed by atoms with Gasteiger partial charge in [-0.05, 0) is 6.92 Å². The van der Waals surface area contributed by atoms with Gasteiger partial charge in [-0.15, -0.1) is 11.3 Å². The fourth-order valence-electron chi connectivity index (χ4n) is 1.21. The Hall–Kier alpha value is -0.260. The molecule has 0 amide bonds. The predicted octanol–water partition coefficient (Wildman–Crippen LogP) is 2.04. The molecule has 2 N–H and O–H groups in total. The summed E-state index contributed by atoms with van der Waals surface area (Å²) in [5.41, 5.74) is 6.75. The lowest BCUT2D eigenvalue weighted by Gasteiger charge is -2.14. The SMILES string of the molecule is CC(N)CS(=O)Cc1nc(C(C)(C)C)cs1. The van der Waals surface area contributed by atoms with Gasteiger partial charge in [-0.1, -0.05) is 20.8 Å². The molecule has 16 heavy (non-hydrogen) atoms. The molecule has 0 aliphatic heterocycles. The summed E-state index contributed by atoms with van der Waals surface area (Å²) in [6, 6.07) is -0.0112. The van der Waals surface area contributed by atoms with Gasteiger partial charge >= 0.3 is 0 Å². The first-order chi connectivity index (χ1) is 7.29. The number of aromatic nitrogens is 1. The Morgan fingerprint density at radius 3 is 2.62 bits per heavy atom. The highest BCUT2D eigenvalue weighted by atomic mass is 32.2. The molecule has 0 saturated heterocycles. The zero-order valence-electron chi connectivity index (χ0n) is 10.3. The van der Waals surface area contributed by atoms with Gasteiger partial charge in [-0.3, -0.25) is 4.21 Å². The maximum absolute atomic E-state index is 11.7. The third-order valence-electron chi connectivity index (χ3n) is 2.05. The molecule has 92 valence electrons. The van der Waals surface area contributed by atoms with Gasteiger partial charge in [0.15, 0.2) is 0 Å². The Bertz CT molecular complexity index is 366. The number of nitrogens with zero attached hydrogens (tertiary/aromatic N) is 1.